The van der Waals surface area contributed by atoms with Crippen molar-refractivity contribution in [2.24, 2.45) is 0 Å². The summed E-state index contributed by atoms with van der Waals surface area (Å²) in [6.45, 7) is 10.7. The molecule has 0 bridgehead atoms. The van der Waals surface area contributed by atoms with E-state index in [2.05, 4.69) is 0 Å². The average Bonchev–Trinajstić information content (AvgIpc) is 2.33. The summed E-state index contributed by atoms with van der Waals surface area (Å²) < 4.78 is 21.6. The summed E-state index contributed by atoms with van der Waals surface area (Å²) in [6.07, 6.45) is 0. The van der Waals surface area contributed by atoms with Crippen LogP contribution in [0.2, 0.25) is 0 Å². The largest absolute Gasteiger partial charge is 0.491 e. The van der Waals surface area contributed by atoms with Gasteiger partial charge in [0.1, 0.15) is 23.5 Å². The van der Waals surface area contributed by atoms with Gasteiger partial charge in [0.05, 0.1) is 0 Å². The van der Waals surface area contributed by atoms with Gasteiger partial charge in [0.25, 0.3) is 5.79 Å². The second-order valence-corrected chi connectivity index (χ2v) is 5.67. The summed E-state index contributed by atoms with van der Waals surface area (Å²) in [7, 11) is 0. The van der Waals surface area contributed by atoms with Crippen LogP contribution >= 0.6 is 0 Å². The maximum atomic E-state index is 12.7. The number of carbonyl (C=O) groups excluding carboxylic acids is 2. The summed E-state index contributed by atoms with van der Waals surface area (Å²) in [5.74, 6) is -2.63. The Morgan fingerprint density at radius 2 is 1.76 bits per heavy atom. The Bertz CT molecular complexity index is 438. The lowest BCUT2D eigenvalue weighted by atomic mass is 9.99. The molecule has 1 rings (SSSR count). The molecule has 0 saturated heterocycles. The Morgan fingerprint density at radius 3 is 2.19 bits per heavy atom. The van der Waals surface area contributed by atoms with Gasteiger partial charge in [-0.2, -0.15) is 0 Å². The Balaban J connectivity index is 3.12. The molecular formula is C15H24O6. The quantitative estimate of drug-likeness (QED) is 0.439. The first-order valence-corrected chi connectivity index (χ1v) is 7.06. The first kappa shape index (κ1) is 17.7. The number of esters is 1. The van der Waals surface area contributed by atoms with E-state index in [9.17, 15) is 9.59 Å². The third kappa shape index (κ3) is 4.04. The second kappa shape index (κ2) is 6.58. The molecule has 0 aromatic rings. The number of Topliss-reactive ketones (excluding diaryl/α,β-unsaturated/α-hetero) is 1. The molecule has 6 nitrogen and oxygen atoms in total. The van der Waals surface area contributed by atoms with Crippen LogP contribution in [0.5, 0.6) is 0 Å². The van der Waals surface area contributed by atoms with Gasteiger partial charge in [-0.1, -0.05) is 0 Å². The fourth-order valence-corrected chi connectivity index (χ4v) is 1.98. The number of hydrogen-bond acceptors (Lipinski definition) is 6. The maximum Gasteiger partial charge on any atom is 0.345 e. The third-order valence-electron chi connectivity index (χ3n) is 2.76. The van der Waals surface area contributed by atoms with Crippen LogP contribution in [0.25, 0.3) is 0 Å². The van der Waals surface area contributed by atoms with E-state index in [1.807, 2.05) is 0 Å². The molecule has 0 amide bonds. The van der Waals surface area contributed by atoms with Crippen LogP contribution in [0.15, 0.2) is 11.3 Å². The molecule has 1 aliphatic rings. The van der Waals surface area contributed by atoms with E-state index in [0.29, 0.717) is 0 Å². The van der Waals surface area contributed by atoms with E-state index in [0.717, 1.165) is 0 Å². The van der Waals surface area contributed by atoms with Crippen molar-refractivity contribution in [3.05, 3.63) is 11.3 Å². The lowest BCUT2D eigenvalue weighted by Crippen LogP contribution is -2.53. The van der Waals surface area contributed by atoms with Crippen LogP contribution in [-0.4, -0.2) is 43.0 Å². The van der Waals surface area contributed by atoms with Gasteiger partial charge in [0.15, 0.2) is 0 Å². The Hall–Kier alpha value is -1.40. The van der Waals surface area contributed by atoms with E-state index in [4.69, 9.17) is 18.9 Å². The molecule has 0 aromatic heterocycles. The minimum absolute atomic E-state index is 0.0777. The summed E-state index contributed by atoms with van der Waals surface area (Å²) >= 11 is 0. The van der Waals surface area contributed by atoms with Gasteiger partial charge in [0.2, 0.25) is 5.78 Å². The van der Waals surface area contributed by atoms with E-state index < -0.39 is 23.1 Å². The molecule has 0 aliphatic carbocycles. The summed E-state index contributed by atoms with van der Waals surface area (Å²) in [5.41, 5.74) is -0.861. The van der Waals surface area contributed by atoms with Gasteiger partial charge in [-0.05, 0) is 41.5 Å². The zero-order valence-electron chi connectivity index (χ0n) is 13.6. The molecule has 0 aromatic carbocycles. The van der Waals surface area contributed by atoms with Crippen molar-refractivity contribution >= 4 is 11.8 Å². The number of allylic oxidation sites excluding steroid dienone is 1. The monoisotopic (exact) mass is 300 g/mol. The minimum atomic E-state index is -1.57. The zero-order chi connectivity index (χ0) is 16.3. The molecule has 0 radical (unpaired) electrons. The predicted molar refractivity (Wildman–Crippen MR) is 75.5 cm³/mol. The van der Waals surface area contributed by atoms with Gasteiger partial charge in [-0.3, -0.25) is 4.79 Å². The molecule has 0 fully saturated rings. The van der Waals surface area contributed by atoms with Crippen LogP contribution in [0.1, 0.15) is 41.5 Å². The standard InChI is InChI=1S/C15H24O6/c1-7-19-15(20-8-2)9-18-10(3)11(12(15)16)13(17)21-14(4,5)6/h7-9H2,1-6H3. The lowest BCUT2D eigenvalue weighted by molar-refractivity contribution is -0.243. The Kier molecular flexibility index (Phi) is 5.53. The first-order valence-electron chi connectivity index (χ1n) is 7.06. The van der Waals surface area contributed by atoms with Gasteiger partial charge in [0, 0.05) is 13.2 Å². The topological polar surface area (TPSA) is 71.1 Å². The molecule has 6 heteroatoms. The number of carbonyl (C=O) groups is 2. The van der Waals surface area contributed by atoms with Crippen LogP contribution in [0.3, 0.4) is 0 Å². The Labute approximate surface area is 125 Å². The van der Waals surface area contributed by atoms with Crippen LogP contribution in [0.4, 0.5) is 0 Å². The van der Waals surface area contributed by atoms with E-state index in [1.165, 1.54) is 0 Å². The Morgan fingerprint density at radius 1 is 1.24 bits per heavy atom. The van der Waals surface area contributed by atoms with Gasteiger partial charge in [-0.15, -0.1) is 0 Å². The molecular weight excluding hydrogens is 276 g/mol. The summed E-state index contributed by atoms with van der Waals surface area (Å²) in [4.78, 5) is 24.9. The second-order valence-electron chi connectivity index (χ2n) is 5.67. The van der Waals surface area contributed by atoms with Gasteiger partial charge in [-0.25, -0.2) is 4.79 Å². The highest BCUT2D eigenvalue weighted by Crippen LogP contribution is 2.29. The van der Waals surface area contributed by atoms with Crippen molar-refractivity contribution in [1.29, 1.82) is 0 Å². The molecule has 0 saturated carbocycles. The van der Waals surface area contributed by atoms with E-state index in [-0.39, 0.29) is 31.2 Å². The average molecular weight is 300 g/mol. The van der Waals surface area contributed by atoms with Crippen molar-refractivity contribution < 1.29 is 28.5 Å². The fourth-order valence-electron chi connectivity index (χ4n) is 1.98. The number of rotatable bonds is 5. The molecule has 0 N–H and O–H groups in total. The first-order chi connectivity index (χ1) is 9.67. The number of ketones is 1. The molecule has 1 heterocycles. The number of hydrogen-bond donors (Lipinski definition) is 0. The van der Waals surface area contributed by atoms with Crippen LogP contribution in [-0.2, 0) is 28.5 Å². The van der Waals surface area contributed by atoms with Crippen LogP contribution in [0, 0.1) is 0 Å². The van der Waals surface area contributed by atoms with E-state index in [1.54, 1.807) is 41.5 Å². The highest BCUT2D eigenvalue weighted by molar-refractivity contribution is 6.21. The third-order valence-corrected chi connectivity index (χ3v) is 2.76. The molecule has 0 unspecified atom stereocenters. The lowest BCUT2D eigenvalue weighted by Gasteiger charge is -2.35. The smallest absolute Gasteiger partial charge is 0.345 e. The molecule has 0 spiro atoms. The predicted octanol–water partition coefficient (Wildman–Crippen LogP) is 1.97. The molecule has 1 aliphatic heterocycles. The van der Waals surface area contributed by atoms with Crippen molar-refractivity contribution in [3.8, 4) is 0 Å². The van der Waals surface area contributed by atoms with E-state index >= 15 is 0 Å². The fraction of sp³-hybridized carbons (Fsp3) is 0.733. The number of ether oxygens (including phenoxy) is 4. The zero-order valence-corrected chi connectivity index (χ0v) is 13.6. The molecule has 120 valence electrons. The van der Waals surface area contributed by atoms with Crippen LogP contribution < -0.4 is 0 Å². The van der Waals surface area contributed by atoms with Gasteiger partial charge >= 0.3 is 5.97 Å². The van der Waals surface area contributed by atoms with Gasteiger partial charge < -0.3 is 18.9 Å². The van der Waals surface area contributed by atoms with Crippen molar-refractivity contribution in [2.75, 3.05) is 19.8 Å². The molecule has 0 atom stereocenters. The van der Waals surface area contributed by atoms with Crippen molar-refractivity contribution in [1.82, 2.24) is 0 Å². The van der Waals surface area contributed by atoms with Crippen molar-refractivity contribution in [2.45, 2.75) is 52.9 Å². The van der Waals surface area contributed by atoms with Crippen molar-refractivity contribution in [3.63, 3.8) is 0 Å². The minimum Gasteiger partial charge on any atom is -0.491 e. The normalized spacial score (nSPS) is 18.5. The maximum absolute atomic E-state index is 12.7. The summed E-state index contributed by atoms with van der Waals surface area (Å²) in [6, 6.07) is 0. The highest BCUT2D eigenvalue weighted by Gasteiger charge is 2.50. The SMILES string of the molecule is CCOC1(OCC)COC(C)=C(C(=O)OC(C)(C)C)C1=O. The highest BCUT2D eigenvalue weighted by atomic mass is 16.7. The summed E-state index contributed by atoms with van der Waals surface area (Å²) in [5, 5.41) is 0. The molecule has 21 heavy (non-hydrogen) atoms.